The van der Waals surface area contributed by atoms with Crippen LogP contribution in [0.3, 0.4) is 0 Å². The van der Waals surface area contributed by atoms with Crippen molar-refractivity contribution in [3.63, 3.8) is 0 Å². The fourth-order valence-corrected chi connectivity index (χ4v) is 3.75. The van der Waals surface area contributed by atoms with Crippen molar-refractivity contribution in [3.8, 4) is 0 Å². The van der Waals surface area contributed by atoms with Crippen molar-refractivity contribution in [3.05, 3.63) is 0 Å². The Morgan fingerprint density at radius 1 is 1.29 bits per heavy atom. The van der Waals surface area contributed by atoms with E-state index in [1.807, 2.05) is 6.92 Å². The molecule has 1 saturated carbocycles. The molecular formula is C16H30N2O3. The van der Waals surface area contributed by atoms with E-state index in [1.54, 1.807) is 4.90 Å². The maximum Gasteiger partial charge on any atom is 0.409 e. The summed E-state index contributed by atoms with van der Waals surface area (Å²) in [7, 11) is 1.42. The molecule has 21 heavy (non-hydrogen) atoms. The maximum atomic E-state index is 11.9. The number of hydrogen-bond acceptors (Lipinski definition) is 4. The SMILES string of the molecule is CCC(O)C1CC(NC2CCCCC2)CN(C(=O)OC)C1. The number of carbonyl (C=O) groups excluding carboxylic acids is 1. The van der Waals surface area contributed by atoms with Crippen LogP contribution in [0.4, 0.5) is 4.79 Å². The van der Waals surface area contributed by atoms with Crippen LogP contribution in [-0.2, 0) is 4.74 Å². The Balaban J connectivity index is 1.96. The van der Waals surface area contributed by atoms with Gasteiger partial charge in [0.1, 0.15) is 0 Å². The molecule has 0 radical (unpaired) electrons. The third-order valence-electron chi connectivity index (χ3n) is 4.95. The third kappa shape index (κ3) is 4.58. The topological polar surface area (TPSA) is 61.8 Å². The van der Waals surface area contributed by atoms with Crippen LogP contribution in [0.1, 0.15) is 51.9 Å². The number of ether oxygens (including phenoxy) is 1. The van der Waals surface area contributed by atoms with E-state index in [1.165, 1.54) is 39.2 Å². The van der Waals surface area contributed by atoms with Crippen LogP contribution in [0.2, 0.25) is 0 Å². The number of nitrogens with one attached hydrogen (secondary N) is 1. The number of carbonyl (C=O) groups is 1. The Morgan fingerprint density at radius 2 is 2.00 bits per heavy atom. The molecule has 5 heteroatoms. The second-order valence-corrected chi connectivity index (χ2v) is 6.54. The van der Waals surface area contributed by atoms with E-state index in [-0.39, 0.29) is 24.2 Å². The van der Waals surface area contributed by atoms with Crippen LogP contribution in [0, 0.1) is 5.92 Å². The molecule has 0 bridgehead atoms. The fourth-order valence-electron chi connectivity index (χ4n) is 3.75. The molecule has 2 fully saturated rings. The third-order valence-corrected chi connectivity index (χ3v) is 4.95. The van der Waals surface area contributed by atoms with E-state index in [9.17, 15) is 9.90 Å². The number of methoxy groups -OCH3 is 1. The maximum absolute atomic E-state index is 11.9. The Kier molecular flexibility index (Phi) is 6.30. The molecular weight excluding hydrogens is 268 g/mol. The van der Waals surface area contributed by atoms with Gasteiger partial charge in [0.05, 0.1) is 13.2 Å². The van der Waals surface area contributed by atoms with Gasteiger partial charge in [0.25, 0.3) is 0 Å². The number of hydrogen-bond donors (Lipinski definition) is 2. The molecule has 5 nitrogen and oxygen atoms in total. The number of piperidine rings is 1. The lowest BCUT2D eigenvalue weighted by Crippen LogP contribution is -2.55. The predicted octanol–water partition coefficient (Wildman–Crippen LogP) is 2.14. The number of nitrogens with zero attached hydrogens (tertiary/aromatic N) is 1. The zero-order valence-corrected chi connectivity index (χ0v) is 13.4. The lowest BCUT2D eigenvalue weighted by atomic mass is 9.87. The van der Waals surface area contributed by atoms with Gasteiger partial charge in [0.2, 0.25) is 0 Å². The van der Waals surface area contributed by atoms with Gasteiger partial charge >= 0.3 is 6.09 Å². The van der Waals surface area contributed by atoms with Gasteiger partial charge in [-0.25, -0.2) is 4.79 Å². The van der Waals surface area contributed by atoms with Crippen molar-refractivity contribution >= 4 is 6.09 Å². The minimum Gasteiger partial charge on any atom is -0.453 e. The molecule has 1 aliphatic carbocycles. The first-order valence-electron chi connectivity index (χ1n) is 8.41. The molecule has 2 rings (SSSR count). The van der Waals surface area contributed by atoms with Crippen molar-refractivity contribution in [1.82, 2.24) is 10.2 Å². The van der Waals surface area contributed by atoms with Gasteiger partial charge in [-0.2, -0.15) is 0 Å². The molecule has 122 valence electrons. The minimum atomic E-state index is -0.340. The van der Waals surface area contributed by atoms with Crippen LogP contribution in [0.15, 0.2) is 0 Å². The highest BCUT2D eigenvalue weighted by molar-refractivity contribution is 5.67. The van der Waals surface area contributed by atoms with E-state index in [0.29, 0.717) is 19.1 Å². The highest BCUT2D eigenvalue weighted by atomic mass is 16.5. The van der Waals surface area contributed by atoms with Gasteiger partial charge in [0.15, 0.2) is 0 Å². The van der Waals surface area contributed by atoms with Crippen molar-refractivity contribution in [2.45, 2.75) is 70.1 Å². The van der Waals surface area contributed by atoms with E-state index >= 15 is 0 Å². The van der Waals surface area contributed by atoms with Crippen molar-refractivity contribution < 1.29 is 14.6 Å². The number of likely N-dealkylation sites (tertiary alicyclic amines) is 1. The number of amides is 1. The average Bonchev–Trinajstić information content (AvgIpc) is 2.53. The van der Waals surface area contributed by atoms with E-state index in [0.717, 1.165) is 12.8 Å². The van der Waals surface area contributed by atoms with Crippen LogP contribution in [-0.4, -0.2) is 54.5 Å². The van der Waals surface area contributed by atoms with Crippen molar-refractivity contribution in [1.29, 1.82) is 0 Å². The Bertz CT molecular complexity index is 329. The molecule has 0 aromatic carbocycles. The normalized spacial score (nSPS) is 29.2. The van der Waals surface area contributed by atoms with Crippen LogP contribution in [0.25, 0.3) is 0 Å². The molecule has 0 aromatic rings. The molecule has 1 amide bonds. The zero-order valence-electron chi connectivity index (χ0n) is 13.4. The largest absolute Gasteiger partial charge is 0.453 e. The van der Waals surface area contributed by atoms with Gasteiger partial charge in [-0.15, -0.1) is 0 Å². The minimum absolute atomic E-state index is 0.143. The highest BCUT2D eigenvalue weighted by Gasteiger charge is 2.34. The zero-order chi connectivity index (χ0) is 15.2. The molecule has 0 spiro atoms. The number of rotatable bonds is 4. The molecule has 2 N–H and O–H groups in total. The van der Waals surface area contributed by atoms with Crippen molar-refractivity contribution in [2.75, 3.05) is 20.2 Å². The summed E-state index contributed by atoms with van der Waals surface area (Å²) in [6, 6.07) is 0.841. The summed E-state index contributed by atoms with van der Waals surface area (Å²) in [6.07, 6.45) is 7.46. The first-order chi connectivity index (χ1) is 10.1. The Labute approximate surface area is 128 Å². The number of aliphatic hydroxyl groups excluding tert-OH is 1. The summed E-state index contributed by atoms with van der Waals surface area (Å²) in [4.78, 5) is 13.6. The summed E-state index contributed by atoms with van der Waals surface area (Å²) in [5, 5.41) is 13.9. The molecule has 3 unspecified atom stereocenters. The van der Waals surface area contributed by atoms with Gasteiger partial charge in [-0.1, -0.05) is 26.2 Å². The van der Waals surface area contributed by atoms with E-state index in [2.05, 4.69) is 5.32 Å². The fraction of sp³-hybridized carbons (Fsp3) is 0.938. The molecule has 0 aromatic heterocycles. The molecule has 2 aliphatic rings. The standard InChI is InChI=1S/C16H30N2O3/c1-3-15(19)12-9-14(11-18(10-12)16(20)21-2)17-13-7-5-4-6-8-13/h12-15,17,19H,3-11H2,1-2H3. The summed E-state index contributed by atoms with van der Waals surface area (Å²) in [5.41, 5.74) is 0. The van der Waals surface area contributed by atoms with E-state index in [4.69, 9.17) is 4.74 Å². The smallest absolute Gasteiger partial charge is 0.409 e. The first kappa shape index (κ1) is 16.6. The lowest BCUT2D eigenvalue weighted by Gasteiger charge is -2.41. The van der Waals surface area contributed by atoms with Crippen LogP contribution in [0.5, 0.6) is 0 Å². The second-order valence-electron chi connectivity index (χ2n) is 6.54. The Morgan fingerprint density at radius 3 is 2.62 bits per heavy atom. The molecule has 1 aliphatic heterocycles. The quantitative estimate of drug-likeness (QED) is 0.835. The van der Waals surface area contributed by atoms with Crippen LogP contribution >= 0.6 is 0 Å². The Hall–Kier alpha value is -0.810. The summed E-state index contributed by atoms with van der Waals surface area (Å²) < 4.78 is 4.87. The molecule has 3 atom stereocenters. The van der Waals surface area contributed by atoms with Gasteiger partial charge in [-0.3, -0.25) is 0 Å². The van der Waals surface area contributed by atoms with Crippen molar-refractivity contribution in [2.24, 2.45) is 5.92 Å². The highest BCUT2D eigenvalue weighted by Crippen LogP contribution is 2.25. The first-order valence-corrected chi connectivity index (χ1v) is 8.41. The van der Waals surface area contributed by atoms with Crippen LogP contribution < -0.4 is 5.32 Å². The summed E-state index contributed by atoms with van der Waals surface area (Å²) in [5.74, 6) is 0.143. The molecule has 1 heterocycles. The summed E-state index contributed by atoms with van der Waals surface area (Å²) in [6.45, 7) is 3.28. The number of aliphatic hydroxyl groups is 1. The lowest BCUT2D eigenvalue weighted by molar-refractivity contribution is 0.0302. The van der Waals surface area contributed by atoms with Gasteiger partial charge in [-0.05, 0) is 25.7 Å². The second kappa shape index (κ2) is 7.99. The predicted molar refractivity (Wildman–Crippen MR) is 82.2 cm³/mol. The van der Waals surface area contributed by atoms with Gasteiger partial charge in [0, 0.05) is 31.1 Å². The monoisotopic (exact) mass is 298 g/mol. The van der Waals surface area contributed by atoms with Gasteiger partial charge < -0.3 is 20.1 Å². The van der Waals surface area contributed by atoms with E-state index < -0.39 is 0 Å². The molecule has 1 saturated heterocycles. The average molecular weight is 298 g/mol. The summed E-state index contributed by atoms with van der Waals surface area (Å²) >= 11 is 0.